The van der Waals surface area contributed by atoms with Crippen molar-refractivity contribution in [2.24, 2.45) is 0 Å². The zero-order valence-corrected chi connectivity index (χ0v) is 11.8. The molecule has 1 unspecified atom stereocenters. The smallest absolute Gasteiger partial charge is 0.128 e. The van der Waals surface area contributed by atoms with Gasteiger partial charge in [-0.1, -0.05) is 6.07 Å². The van der Waals surface area contributed by atoms with Crippen molar-refractivity contribution in [2.75, 3.05) is 11.4 Å². The van der Waals surface area contributed by atoms with E-state index in [1.165, 1.54) is 10.4 Å². The molecule has 3 rings (SSSR count). The number of thiophene rings is 1. The Kier molecular flexibility index (Phi) is 3.27. The maximum atomic E-state index is 5.79. The number of hydrogen-bond donors (Lipinski definition) is 0. The van der Waals surface area contributed by atoms with Gasteiger partial charge in [0.05, 0.1) is 6.04 Å². The summed E-state index contributed by atoms with van der Waals surface area (Å²) < 4.78 is 0. The van der Waals surface area contributed by atoms with Crippen molar-refractivity contribution in [1.29, 1.82) is 0 Å². The lowest BCUT2D eigenvalue weighted by atomic mass is 10.0. The van der Waals surface area contributed by atoms with Crippen LogP contribution in [0.1, 0.15) is 29.0 Å². The summed E-state index contributed by atoms with van der Waals surface area (Å²) in [4.78, 5) is 8.42. The first kappa shape index (κ1) is 12.0. The molecular weight excluding hydrogens is 264 g/mol. The summed E-state index contributed by atoms with van der Waals surface area (Å²) in [7, 11) is 0. The highest BCUT2D eigenvalue weighted by atomic mass is 35.5. The van der Waals surface area contributed by atoms with Crippen LogP contribution in [-0.4, -0.2) is 11.5 Å². The minimum atomic E-state index is 0.411. The highest BCUT2D eigenvalue weighted by Gasteiger charge is 2.25. The lowest BCUT2D eigenvalue weighted by molar-refractivity contribution is 0.625. The van der Waals surface area contributed by atoms with Gasteiger partial charge in [0.25, 0.3) is 0 Å². The first-order chi connectivity index (χ1) is 8.79. The molecular formula is C14H15ClN2S. The Labute approximate surface area is 116 Å². The second-order valence-electron chi connectivity index (χ2n) is 4.58. The Morgan fingerprint density at radius 2 is 2.33 bits per heavy atom. The molecule has 0 bridgehead atoms. The van der Waals surface area contributed by atoms with Crippen LogP contribution in [0.15, 0.2) is 29.8 Å². The lowest BCUT2D eigenvalue weighted by Crippen LogP contribution is -2.33. The van der Waals surface area contributed by atoms with E-state index in [9.17, 15) is 0 Å². The largest absolute Gasteiger partial charge is 0.349 e. The number of alkyl halides is 1. The van der Waals surface area contributed by atoms with Gasteiger partial charge in [-0.3, -0.25) is 0 Å². The average Bonchev–Trinajstić information content (AvgIpc) is 2.89. The maximum Gasteiger partial charge on any atom is 0.128 e. The van der Waals surface area contributed by atoms with Crippen LogP contribution < -0.4 is 4.90 Å². The van der Waals surface area contributed by atoms with Gasteiger partial charge in [0.15, 0.2) is 0 Å². The predicted molar refractivity (Wildman–Crippen MR) is 77.6 cm³/mol. The first-order valence-corrected chi connectivity index (χ1v) is 7.55. The van der Waals surface area contributed by atoms with E-state index < -0.39 is 0 Å². The second-order valence-corrected chi connectivity index (χ2v) is 5.84. The van der Waals surface area contributed by atoms with E-state index in [1.54, 1.807) is 0 Å². The Balaban J connectivity index is 1.89. The fourth-order valence-electron chi connectivity index (χ4n) is 2.49. The van der Waals surface area contributed by atoms with Gasteiger partial charge >= 0.3 is 0 Å². The van der Waals surface area contributed by atoms with E-state index in [0.717, 1.165) is 24.3 Å². The Bertz CT molecular complexity index is 535. The Morgan fingerprint density at radius 1 is 1.44 bits per heavy atom. The van der Waals surface area contributed by atoms with E-state index >= 15 is 0 Å². The van der Waals surface area contributed by atoms with E-state index in [0.29, 0.717) is 11.9 Å². The van der Waals surface area contributed by atoms with Crippen LogP contribution >= 0.6 is 22.9 Å². The van der Waals surface area contributed by atoms with E-state index in [2.05, 4.69) is 40.4 Å². The third kappa shape index (κ3) is 2.02. The molecule has 0 saturated heterocycles. The molecule has 0 saturated carbocycles. The molecule has 1 aliphatic heterocycles. The van der Waals surface area contributed by atoms with Crippen LogP contribution in [0.4, 0.5) is 5.82 Å². The van der Waals surface area contributed by atoms with Crippen molar-refractivity contribution in [2.45, 2.75) is 25.3 Å². The number of rotatable bonds is 2. The topological polar surface area (TPSA) is 16.1 Å². The summed E-state index contributed by atoms with van der Waals surface area (Å²) in [5.74, 6) is 1.57. The Hall–Kier alpha value is -1.06. The molecule has 18 heavy (non-hydrogen) atoms. The van der Waals surface area contributed by atoms with Crippen molar-refractivity contribution in [1.82, 2.24) is 4.98 Å². The quantitative estimate of drug-likeness (QED) is 0.772. The molecule has 0 N–H and O–H groups in total. The Morgan fingerprint density at radius 3 is 3.06 bits per heavy atom. The number of halogens is 1. The molecule has 2 nitrogen and oxygen atoms in total. The molecule has 1 atom stereocenters. The molecule has 2 aromatic heterocycles. The third-order valence-corrected chi connectivity index (χ3v) is 4.84. The SMILES string of the molecule is CC1c2ccsc2CCN1c1ccc(CCl)cn1. The highest BCUT2D eigenvalue weighted by molar-refractivity contribution is 7.10. The van der Waals surface area contributed by atoms with Crippen LogP contribution in [0.2, 0.25) is 0 Å². The maximum absolute atomic E-state index is 5.79. The van der Waals surface area contributed by atoms with Crippen molar-refractivity contribution < 1.29 is 0 Å². The number of fused-ring (bicyclic) bond motifs is 1. The van der Waals surface area contributed by atoms with Crippen molar-refractivity contribution in [3.8, 4) is 0 Å². The number of pyridine rings is 1. The van der Waals surface area contributed by atoms with Gasteiger partial charge in [0, 0.05) is 23.5 Å². The first-order valence-electron chi connectivity index (χ1n) is 6.13. The van der Waals surface area contributed by atoms with Crippen LogP contribution in [0.5, 0.6) is 0 Å². The van der Waals surface area contributed by atoms with Gasteiger partial charge < -0.3 is 4.90 Å². The summed E-state index contributed by atoms with van der Waals surface area (Å²) in [6.45, 7) is 3.30. The van der Waals surface area contributed by atoms with Gasteiger partial charge in [0.2, 0.25) is 0 Å². The van der Waals surface area contributed by atoms with Gasteiger partial charge in [-0.15, -0.1) is 22.9 Å². The summed E-state index contributed by atoms with van der Waals surface area (Å²) in [6.07, 6.45) is 2.99. The molecule has 0 aliphatic carbocycles. The molecule has 94 valence electrons. The normalized spacial score (nSPS) is 18.8. The molecule has 0 spiro atoms. The number of aromatic nitrogens is 1. The lowest BCUT2D eigenvalue weighted by Gasteiger charge is -2.34. The minimum Gasteiger partial charge on any atom is -0.349 e. The number of anilines is 1. The third-order valence-electron chi connectivity index (χ3n) is 3.53. The fraction of sp³-hybridized carbons (Fsp3) is 0.357. The van der Waals surface area contributed by atoms with Gasteiger partial charge in [0.1, 0.15) is 5.82 Å². The predicted octanol–water partition coefficient (Wildman–Crippen LogP) is 4.01. The van der Waals surface area contributed by atoms with E-state index in [1.807, 2.05) is 17.5 Å². The molecule has 1 aliphatic rings. The van der Waals surface area contributed by atoms with Crippen molar-refractivity contribution in [3.05, 3.63) is 45.8 Å². The fourth-order valence-corrected chi connectivity index (χ4v) is 3.61. The molecule has 0 aromatic carbocycles. The van der Waals surface area contributed by atoms with Crippen molar-refractivity contribution in [3.63, 3.8) is 0 Å². The summed E-state index contributed by atoms with van der Waals surface area (Å²) in [6, 6.07) is 6.79. The molecule has 3 heterocycles. The molecule has 0 amide bonds. The van der Waals surface area contributed by atoms with Crippen LogP contribution in [-0.2, 0) is 12.3 Å². The molecule has 4 heteroatoms. The molecule has 2 aromatic rings. The van der Waals surface area contributed by atoms with E-state index in [4.69, 9.17) is 11.6 Å². The van der Waals surface area contributed by atoms with Crippen LogP contribution in [0.25, 0.3) is 0 Å². The minimum absolute atomic E-state index is 0.411. The average molecular weight is 279 g/mol. The summed E-state index contributed by atoms with van der Waals surface area (Å²) in [5.41, 5.74) is 2.52. The van der Waals surface area contributed by atoms with Gasteiger partial charge in [-0.05, 0) is 42.0 Å². The van der Waals surface area contributed by atoms with Crippen LogP contribution in [0, 0.1) is 0 Å². The zero-order valence-electron chi connectivity index (χ0n) is 10.3. The summed E-state index contributed by atoms with van der Waals surface area (Å²) >= 11 is 7.66. The molecule has 0 fully saturated rings. The molecule has 0 radical (unpaired) electrons. The van der Waals surface area contributed by atoms with Crippen molar-refractivity contribution >= 4 is 28.8 Å². The number of nitrogens with zero attached hydrogens (tertiary/aromatic N) is 2. The van der Waals surface area contributed by atoms with E-state index in [-0.39, 0.29) is 0 Å². The van der Waals surface area contributed by atoms with Gasteiger partial charge in [-0.2, -0.15) is 0 Å². The number of hydrogen-bond acceptors (Lipinski definition) is 3. The van der Waals surface area contributed by atoms with Crippen LogP contribution in [0.3, 0.4) is 0 Å². The zero-order chi connectivity index (χ0) is 12.5. The second kappa shape index (κ2) is 4.90. The standard InChI is InChI=1S/C14H15ClN2S/c1-10-12-5-7-18-13(12)4-6-17(10)14-3-2-11(8-15)9-16-14/h2-3,5,7,9-10H,4,6,8H2,1H3. The van der Waals surface area contributed by atoms with Gasteiger partial charge in [-0.25, -0.2) is 4.98 Å². The highest BCUT2D eigenvalue weighted by Crippen LogP contribution is 2.35. The summed E-state index contributed by atoms with van der Waals surface area (Å²) in [5, 5.41) is 2.19. The monoisotopic (exact) mass is 278 g/mol.